The predicted molar refractivity (Wildman–Crippen MR) is 62.5 cm³/mol. The lowest BCUT2D eigenvalue weighted by Crippen LogP contribution is -2.14. The summed E-state index contributed by atoms with van der Waals surface area (Å²) >= 11 is 7.61. The summed E-state index contributed by atoms with van der Waals surface area (Å²) in [6.45, 7) is 4.49. The van der Waals surface area contributed by atoms with Gasteiger partial charge in [0.05, 0.1) is 17.6 Å². The Bertz CT molecular complexity index is 256. The molecule has 14 heavy (non-hydrogen) atoms. The van der Waals surface area contributed by atoms with Gasteiger partial charge < -0.3 is 10.1 Å². The molecule has 0 atom stereocenters. The van der Waals surface area contributed by atoms with E-state index < -0.39 is 0 Å². The van der Waals surface area contributed by atoms with Crippen LogP contribution in [0.15, 0.2) is 6.07 Å². The van der Waals surface area contributed by atoms with Gasteiger partial charge in [0.15, 0.2) is 0 Å². The number of thiophene rings is 1. The fraction of sp³-hybridized carbons (Fsp3) is 0.600. The van der Waals surface area contributed by atoms with Gasteiger partial charge in [0.25, 0.3) is 0 Å². The average molecular weight is 234 g/mol. The molecule has 0 spiro atoms. The van der Waals surface area contributed by atoms with Gasteiger partial charge >= 0.3 is 0 Å². The molecule has 4 heteroatoms. The van der Waals surface area contributed by atoms with Gasteiger partial charge in [0.2, 0.25) is 0 Å². The van der Waals surface area contributed by atoms with Crippen molar-refractivity contribution in [3.8, 4) is 0 Å². The van der Waals surface area contributed by atoms with Gasteiger partial charge in [-0.25, -0.2) is 0 Å². The largest absolute Gasteiger partial charge is 0.380 e. The van der Waals surface area contributed by atoms with Crippen molar-refractivity contribution in [3.63, 3.8) is 0 Å². The van der Waals surface area contributed by atoms with Gasteiger partial charge in [0.1, 0.15) is 0 Å². The topological polar surface area (TPSA) is 21.3 Å². The molecule has 0 aliphatic heterocycles. The summed E-state index contributed by atoms with van der Waals surface area (Å²) in [6, 6.07) is 2.13. The van der Waals surface area contributed by atoms with Crippen molar-refractivity contribution in [1.82, 2.24) is 5.32 Å². The second-order valence-corrected chi connectivity index (χ2v) is 4.87. The number of hydrogen-bond acceptors (Lipinski definition) is 3. The Kier molecular flexibility index (Phi) is 5.48. The highest BCUT2D eigenvalue weighted by Gasteiger charge is 2.02. The zero-order valence-electron chi connectivity index (χ0n) is 8.60. The molecule has 80 valence electrons. The van der Waals surface area contributed by atoms with E-state index in [-0.39, 0.29) is 0 Å². The van der Waals surface area contributed by atoms with Crippen LogP contribution in [0.2, 0.25) is 4.34 Å². The molecule has 0 fully saturated rings. The van der Waals surface area contributed by atoms with E-state index in [1.165, 1.54) is 10.4 Å². The van der Waals surface area contributed by atoms with Gasteiger partial charge in [-0.1, -0.05) is 11.6 Å². The number of halogens is 1. The average Bonchev–Trinajstić information content (AvgIpc) is 2.46. The summed E-state index contributed by atoms with van der Waals surface area (Å²) in [5.74, 6) is 0. The molecule has 1 N–H and O–H groups in total. The summed E-state index contributed by atoms with van der Waals surface area (Å²) in [7, 11) is 1.92. The first-order valence-corrected chi connectivity index (χ1v) is 5.90. The van der Waals surface area contributed by atoms with Gasteiger partial charge in [0, 0.05) is 17.8 Å². The van der Waals surface area contributed by atoms with E-state index in [0.29, 0.717) is 0 Å². The standard InChI is InChI=1S/C10H16ClNOS/c1-8-7-9(14-10(8)11)3-5-13-6-4-12-2/h7,12H,3-6H2,1-2H3. The van der Waals surface area contributed by atoms with Crippen LogP contribution in [-0.2, 0) is 11.2 Å². The third-order valence-electron chi connectivity index (χ3n) is 1.90. The van der Waals surface area contributed by atoms with Crippen molar-refractivity contribution < 1.29 is 4.74 Å². The van der Waals surface area contributed by atoms with E-state index >= 15 is 0 Å². The maximum absolute atomic E-state index is 5.96. The molecule has 0 amide bonds. The van der Waals surface area contributed by atoms with E-state index in [2.05, 4.69) is 11.4 Å². The maximum atomic E-state index is 5.96. The second-order valence-electron chi connectivity index (χ2n) is 3.14. The van der Waals surface area contributed by atoms with Crippen LogP contribution < -0.4 is 5.32 Å². The number of ether oxygens (including phenoxy) is 1. The molecular formula is C10H16ClNOS. The van der Waals surface area contributed by atoms with E-state index in [1.54, 1.807) is 11.3 Å². The highest BCUT2D eigenvalue weighted by molar-refractivity contribution is 7.16. The molecule has 2 nitrogen and oxygen atoms in total. The third-order valence-corrected chi connectivity index (χ3v) is 3.51. The molecule has 0 radical (unpaired) electrons. The second kappa shape index (κ2) is 6.40. The lowest BCUT2D eigenvalue weighted by Gasteiger charge is -2.01. The minimum absolute atomic E-state index is 0.772. The van der Waals surface area contributed by atoms with Crippen LogP contribution in [0.3, 0.4) is 0 Å². The van der Waals surface area contributed by atoms with Crippen molar-refractivity contribution in [3.05, 3.63) is 20.8 Å². The lowest BCUT2D eigenvalue weighted by atomic mass is 10.3. The molecule has 0 aromatic carbocycles. The maximum Gasteiger partial charge on any atom is 0.0960 e. The van der Waals surface area contributed by atoms with Gasteiger partial charge in [-0.15, -0.1) is 11.3 Å². The molecular weight excluding hydrogens is 218 g/mol. The van der Waals surface area contributed by atoms with Crippen LogP contribution in [0.4, 0.5) is 0 Å². The van der Waals surface area contributed by atoms with Crippen molar-refractivity contribution in [2.45, 2.75) is 13.3 Å². The highest BCUT2D eigenvalue weighted by atomic mass is 35.5. The Balaban J connectivity index is 2.18. The lowest BCUT2D eigenvalue weighted by molar-refractivity contribution is 0.141. The molecule has 1 heterocycles. The highest BCUT2D eigenvalue weighted by Crippen LogP contribution is 2.26. The SMILES string of the molecule is CNCCOCCc1cc(C)c(Cl)s1. The molecule has 0 saturated carbocycles. The van der Waals surface area contributed by atoms with Crippen molar-refractivity contribution in [1.29, 1.82) is 0 Å². The minimum Gasteiger partial charge on any atom is -0.380 e. The first kappa shape index (κ1) is 12.0. The number of rotatable bonds is 6. The molecule has 0 aliphatic carbocycles. The van der Waals surface area contributed by atoms with Gasteiger partial charge in [-0.3, -0.25) is 0 Å². The first-order chi connectivity index (χ1) is 6.74. The number of hydrogen-bond donors (Lipinski definition) is 1. The summed E-state index contributed by atoms with van der Waals surface area (Å²) < 4.78 is 6.33. The van der Waals surface area contributed by atoms with E-state index in [4.69, 9.17) is 16.3 Å². The number of nitrogens with one attached hydrogen (secondary N) is 1. The predicted octanol–water partition coefficient (Wildman–Crippen LogP) is 2.49. The minimum atomic E-state index is 0.772. The zero-order chi connectivity index (χ0) is 10.4. The van der Waals surface area contributed by atoms with E-state index in [0.717, 1.165) is 30.5 Å². The fourth-order valence-electron chi connectivity index (χ4n) is 1.10. The van der Waals surface area contributed by atoms with Gasteiger partial charge in [-0.05, 0) is 25.6 Å². The summed E-state index contributed by atoms with van der Waals surface area (Å²) in [6.07, 6.45) is 0.960. The Hall–Kier alpha value is -0.0900. The quantitative estimate of drug-likeness (QED) is 0.763. The summed E-state index contributed by atoms with van der Waals surface area (Å²) in [5.41, 5.74) is 1.17. The van der Waals surface area contributed by atoms with Crippen LogP contribution in [0.25, 0.3) is 0 Å². The molecule has 1 aromatic rings. The van der Waals surface area contributed by atoms with Crippen molar-refractivity contribution in [2.75, 3.05) is 26.8 Å². The zero-order valence-corrected chi connectivity index (χ0v) is 10.2. The molecule has 0 unspecified atom stereocenters. The monoisotopic (exact) mass is 233 g/mol. The molecule has 1 rings (SSSR count). The van der Waals surface area contributed by atoms with Crippen LogP contribution in [0.5, 0.6) is 0 Å². The molecule has 0 aliphatic rings. The Morgan fingerprint density at radius 3 is 2.86 bits per heavy atom. The van der Waals surface area contributed by atoms with Crippen LogP contribution in [0.1, 0.15) is 10.4 Å². The normalized spacial score (nSPS) is 10.8. The van der Waals surface area contributed by atoms with Crippen LogP contribution in [-0.4, -0.2) is 26.8 Å². The Morgan fingerprint density at radius 2 is 2.29 bits per heavy atom. The van der Waals surface area contributed by atoms with Crippen LogP contribution >= 0.6 is 22.9 Å². The smallest absolute Gasteiger partial charge is 0.0960 e. The molecule has 0 bridgehead atoms. The van der Waals surface area contributed by atoms with E-state index in [1.807, 2.05) is 14.0 Å². The fourth-order valence-corrected chi connectivity index (χ4v) is 2.32. The summed E-state index contributed by atoms with van der Waals surface area (Å²) in [5, 5.41) is 3.04. The Labute approximate surface area is 94.2 Å². The Morgan fingerprint density at radius 1 is 1.50 bits per heavy atom. The van der Waals surface area contributed by atoms with Crippen LogP contribution in [0, 0.1) is 6.92 Å². The van der Waals surface area contributed by atoms with Gasteiger partial charge in [-0.2, -0.15) is 0 Å². The number of aryl methyl sites for hydroxylation is 1. The third kappa shape index (κ3) is 3.96. The summed E-state index contributed by atoms with van der Waals surface area (Å²) in [4.78, 5) is 1.30. The molecule has 0 saturated heterocycles. The van der Waals surface area contributed by atoms with Crippen molar-refractivity contribution in [2.24, 2.45) is 0 Å². The molecule has 1 aromatic heterocycles. The first-order valence-electron chi connectivity index (χ1n) is 4.71. The number of likely N-dealkylation sites (N-methyl/N-ethyl adjacent to an activating group) is 1. The van der Waals surface area contributed by atoms with Crippen molar-refractivity contribution >= 4 is 22.9 Å². The van der Waals surface area contributed by atoms with E-state index in [9.17, 15) is 0 Å².